The second-order valence-corrected chi connectivity index (χ2v) is 11.6. The molecular formula is C32H44N2O14. The lowest BCUT2D eigenvalue weighted by molar-refractivity contribution is -0.287. The largest absolute Gasteiger partial charge is 0.463 e. The van der Waals surface area contributed by atoms with Crippen molar-refractivity contribution in [1.82, 2.24) is 10.6 Å². The summed E-state index contributed by atoms with van der Waals surface area (Å²) in [7, 11) is 0. The molecule has 1 aromatic rings. The second kappa shape index (κ2) is 18.6. The Morgan fingerprint density at radius 2 is 1.52 bits per heavy atom. The molecular weight excluding hydrogens is 636 g/mol. The summed E-state index contributed by atoms with van der Waals surface area (Å²) in [6.07, 6.45) is -7.77. The Hall–Kier alpha value is -4.70. The van der Waals surface area contributed by atoms with Crippen LogP contribution in [0.1, 0.15) is 54.0 Å². The zero-order valence-electron chi connectivity index (χ0n) is 28.0. The first-order valence-electron chi connectivity index (χ1n) is 15.0. The van der Waals surface area contributed by atoms with Crippen LogP contribution in [0.15, 0.2) is 43.0 Å². The Labute approximate surface area is 278 Å². The van der Waals surface area contributed by atoms with Crippen molar-refractivity contribution < 1.29 is 66.7 Å². The number of amides is 2. The summed E-state index contributed by atoms with van der Waals surface area (Å²) in [6.45, 7) is 12.3. The van der Waals surface area contributed by atoms with E-state index in [2.05, 4.69) is 17.2 Å². The lowest BCUT2D eigenvalue weighted by atomic mass is 9.96. The summed E-state index contributed by atoms with van der Waals surface area (Å²) in [4.78, 5) is 75.0. The van der Waals surface area contributed by atoms with E-state index in [0.29, 0.717) is 5.56 Å². The van der Waals surface area contributed by atoms with Crippen molar-refractivity contribution in [2.24, 2.45) is 0 Å². The van der Waals surface area contributed by atoms with E-state index in [1.165, 1.54) is 13.0 Å². The van der Waals surface area contributed by atoms with Gasteiger partial charge < -0.3 is 48.5 Å². The minimum Gasteiger partial charge on any atom is -0.463 e. The lowest BCUT2D eigenvalue weighted by Crippen LogP contribution is -2.67. The molecule has 16 nitrogen and oxygen atoms in total. The van der Waals surface area contributed by atoms with Crippen LogP contribution < -0.4 is 10.6 Å². The summed E-state index contributed by atoms with van der Waals surface area (Å²) in [5.41, 5.74) is -0.283. The predicted molar refractivity (Wildman–Crippen MR) is 165 cm³/mol. The summed E-state index contributed by atoms with van der Waals surface area (Å²) >= 11 is 0. The van der Waals surface area contributed by atoms with Gasteiger partial charge in [0.05, 0.1) is 6.10 Å². The number of rotatable bonds is 14. The van der Waals surface area contributed by atoms with Gasteiger partial charge in [-0.2, -0.15) is 0 Å². The number of carbonyl (C=O) groups excluding carboxylic acids is 6. The molecule has 266 valence electrons. The molecule has 48 heavy (non-hydrogen) atoms. The van der Waals surface area contributed by atoms with E-state index >= 15 is 0 Å². The number of alkyl carbamates (subject to hydrolysis) is 2. The standard InChI is InChI=1S/C32H44N2O14/c1-9-15-41-30(39)34-25-27(46-21(5)37)26(45-20(4)36)23(17-42-19(3)35)47-29(25)44-18(2)24(28(38)48-32(6,7)8)33-31(40)43-16-22-13-11-10-12-14-22/h9-14,18,23-27,29H,1,15-17H2,2-8H3,(H,33,40)(H,34,39)/t18-,23+,24-,25+,26+,27+,29+/m0/s1. The predicted octanol–water partition coefficient (Wildman–Crippen LogP) is 2.46. The number of esters is 4. The van der Waals surface area contributed by atoms with Crippen molar-refractivity contribution >= 4 is 36.1 Å². The SMILES string of the molecule is C=CCOC(=O)N[C@H]1[C@H](O[C@@H](C)[C@H](NC(=O)OCc2ccccc2)C(=O)OC(C)(C)C)O[C@H](COC(C)=O)[C@@H](OC(C)=O)[C@@H]1OC(C)=O. The van der Waals surface area contributed by atoms with Gasteiger partial charge in [0.2, 0.25) is 0 Å². The Morgan fingerprint density at radius 3 is 2.08 bits per heavy atom. The maximum Gasteiger partial charge on any atom is 0.408 e. The normalized spacial score (nSPS) is 21.7. The number of ether oxygens (including phenoxy) is 8. The first kappa shape index (κ1) is 39.5. The maximum absolute atomic E-state index is 13.4. The van der Waals surface area contributed by atoms with E-state index in [1.807, 2.05) is 0 Å². The second-order valence-electron chi connectivity index (χ2n) is 11.6. The maximum atomic E-state index is 13.4. The molecule has 2 N–H and O–H groups in total. The van der Waals surface area contributed by atoms with Crippen LogP contribution in [0.2, 0.25) is 0 Å². The van der Waals surface area contributed by atoms with Crippen LogP contribution >= 0.6 is 0 Å². The minimum absolute atomic E-state index is 0.104. The zero-order valence-corrected chi connectivity index (χ0v) is 28.0. The highest BCUT2D eigenvalue weighted by Gasteiger charge is 2.52. The van der Waals surface area contributed by atoms with E-state index in [4.69, 9.17) is 37.9 Å². The van der Waals surface area contributed by atoms with Gasteiger partial charge in [-0.25, -0.2) is 14.4 Å². The van der Waals surface area contributed by atoms with Gasteiger partial charge in [0.25, 0.3) is 0 Å². The van der Waals surface area contributed by atoms with Crippen molar-refractivity contribution in [3.8, 4) is 0 Å². The smallest absolute Gasteiger partial charge is 0.408 e. The van der Waals surface area contributed by atoms with Gasteiger partial charge in [0, 0.05) is 20.8 Å². The van der Waals surface area contributed by atoms with Gasteiger partial charge in [-0.3, -0.25) is 14.4 Å². The third-order valence-corrected chi connectivity index (χ3v) is 6.28. The van der Waals surface area contributed by atoms with Crippen molar-refractivity contribution in [1.29, 1.82) is 0 Å². The fourth-order valence-corrected chi connectivity index (χ4v) is 4.40. The fourth-order valence-electron chi connectivity index (χ4n) is 4.40. The molecule has 2 amide bonds. The minimum atomic E-state index is -1.60. The molecule has 0 aliphatic carbocycles. The highest BCUT2D eigenvalue weighted by Crippen LogP contribution is 2.29. The highest BCUT2D eigenvalue weighted by atomic mass is 16.7. The highest BCUT2D eigenvalue weighted by molar-refractivity contribution is 5.82. The van der Waals surface area contributed by atoms with Crippen molar-refractivity contribution in [3.63, 3.8) is 0 Å². The summed E-state index contributed by atoms with van der Waals surface area (Å²) < 4.78 is 44.0. The number of hydrogen-bond acceptors (Lipinski definition) is 14. The Kier molecular flexibility index (Phi) is 15.3. The van der Waals surface area contributed by atoms with Crippen LogP contribution in [-0.4, -0.2) is 97.7 Å². The molecule has 0 unspecified atom stereocenters. The van der Waals surface area contributed by atoms with Crippen LogP contribution in [0.5, 0.6) is 0 Å². The number of hydrogen-bond donors (Lipinski definition) is 2. The fraction of sp³-hybridized carbons (Fsp3) is 0.562. The number of benzene rings is 1. The van der Waals surface area contributed by atoms with Crippen LogP contribution in [0, 0.1) is 0 Å². The van der Waals surface area contributed by atoms with Crippen molar-refractivity contribution in [2.45, 2.75) is 103 Å². The first-order valence-corrected chi connectivity index (χ1v) is 15.0. The molecule has 2 rings (SSSR count). The van der Waals surface area contributed by atoms with E-state index in [1.54, 1.807) is 51.1 Å². The third kappa shape index (κ3) is 13.6. The average molecular weight is 681 g/mol. The monoisotopic (exact) mass is 680 g/mol. The molecule has 7 atom stereocenters. The summed E-state index contributed by atoms with van der Waals surface area (Å²) in [6, 6.07) is 5.86. The van der Waals surface area contributed by atoms with Crippen molar-refractivity contribution in [3.05, 3.63) is 48.6 Å². The van der Waals surface area contributed by atoms with Gasteiger partial charge in [0.1, 0.15) is 37.6 Å². The molecule has 0 radical (unpaired) electrons. The molecule has 1 aromatic carbocycles. The van der Waals surface area contributed by atoms with E-state index in [0.717, 1.165) is 20.8 Å². The Bertz CT molecular complexity index is 1280. The molecule has 0 saturated carbocycles. The van der Waals surface area contributed by atoms with Gasteiger partial charge >= 0.3 is 36.1 Å². The molecule has 1 fully saturated rings. The topological polar surface area (TPSA) is 200 Å². The van der Waals surface area contributed by atoms with Gasteiger partial charge in [-0.1, -0.05) is 43.0 Å². The van der Waals surface area contributed by atoms with Gasteiger partial charge in [-0.05, 0) is 33.3 Å². The van der Waals surface area contributed by atoms with Gasteiger partial charge in [0.15, 0.2) is 24.5 Å². The zero-order chi connectivity index (χ0) is 36.0. The lowest BCUT2D eigenvalue weighted by Gasteiger charge is -2.45. The van der Waals surface area contributed by atoms with Crippen LogP contribution in [0.3, 0.4) is 0 Å². The Balaban J connectivity index is 2.48. The number of carbonyl (C=O) groups is 6. The molecule has 1 aliphatic heterocycles. The summed E-state index contributed by atoms with van der Waals surface area (Å²) in [5, 5.41) is 4.92. The molecule has 0 aromatic heterocycles. The van der Waals surface area contributed by atoms with Crippen LogP contribution in [0.4, 0.5) is 9.59 Å². The van der Waals surface area contributed by atoms with E-state index < -0.39 is 91.1 Å². The van der Waals surface area contributed by atoms with Crippen LogP contribution in [0.25, 0.3) is 0 Å². The number of nitrogens with one attached hydrogen (secondary N) is 2. The molecule has 1 saturated heterocycles. The molecule has 1 aliphatic rings. The molecule has 0 bridgehead atoms. The quantitative estimate of drug-likeness (QED) is 0.165. The molecule has 0 spiro atoms. The Morgan fingerprint density at radius 1 is 0.896 bits per heavy atom. The first-order chi connectivity index (χ1) is 22.5. The summed E-state index contributed by atoms with van der Waals surface area (Å²) in [5.74, 6) is -3.25. The van der Waals surface area contributed by atoms with Crippen LogP contribution in [-0.2, 0) is 63.7 Å². The molecule has 16 heteroatoms. The van der Waals surface area contributed by atoms with E-state index in [-0.39, 0.29) is 13.2 Å². The van der Waals surface area contributed by atoms with Gasteiger partial charge in [-0.15, -0.1) is 0 Å². The van der Waals surface area contributed by atoms with E-state index in [9.17, 15) is 28.8 Å². The average Bonchev–Trinajstić information content (AvgIpc) is 2.98. The van der Waals surface area contributed by atoms with Crippen molar-refractivity contribution in [2.75, 3.05) is 13.2 Å². The molecule has 1 heterocycles. The third-order valence-electron chi connectivity index (χ3n) is 6.28.